The van der Waals surface area contributed by atoms with Crippen LogP contribution in [0.1, 0.15) is 28.1 Å². The Hall–Kier alpha value is -2.79. The maximum atomic E-state index is 9.11. The summed E-state index contributed by atoms with van der Waals surface area (Å²) in [6.07, 6.45) is 0. The summed E-state index contributed by atoms with van der Waals surface area (Å²) in [5, 5.41) is 18.0. The van der Waals surface area contributed by atoms with Crippen molar-refractivity contribution in [3.8, 4) is 12.1 Å². The Morgan fingerprint density at radius 1 is 1.16 bits per heavy atom. The molecule has 2 N–H and O–H groups in total. The highest BCUT2D eigenvalue weighted by atomic mass is 15.2. The molecule has 0 spiro atoms. The summed E-state index contributed by atoms with van der Waals surface area (Å²) < 4.78 is 1.56. The maximum Gasteiger partial charge on any atom is 0.202 e. The molecule has 0 aliphatic rings. The first-order chi connectivity index (χ1) is 9.05. The van der Waals surface area contributed by atoms with Crippen LogP contribution in [0.2, 0.25) is 0 Å². The molecule has 0 radical (unpaired) electrons. The summed E-state index contributed by atoms with van der Waals surface area (Å²) in [5.74, 6) is 0.187. The molecule has 94 valence electrons. The normalized spacial score (nSPS) is 9.89. The molecular formula is C14H13N5. The number of imidazole rings is 1. The number of aryl methyl sites for hydroxylation is 2. The zero-order chi connectivity index (χ0) is 14.0. The van der Waals surface area contributed by atoms with Crippen LogP contribution in [-0.4, -0.2) is 9.55 Å². The van der Waals surface area contributed by atoms with Crippen LogP contribution in [-0.2, 0) is 6.54 Å². The molecule has 1 aromatic carbocycles. The quantitative estimate of drug-likeness (QED) is 0.882. The molecule has 1 heterocycles. The van der Waals surface area contributed by atoms with E-state index in [9.17, 15) is 0 Å². The zero-order valence-electron chi connectivity index (χ0n) is 10.8. The average molecular weight is 251 g/mol. The Morgan fingerprint density at radius 2 is 1.79 bits per heavy atom. The van der Waals surface area contributed by atoms with Crippen molar-refractivity contribution < 1.29 is 0 Å². The van der Waals surface area contributed by atoms with Crippen molar-refractivity contribution >= 4 is 5.95 Å². The fourth-order valence-corrected chi connectivity index (χ4v) is 2.16. The average Bonchev–Trinajstić information content (AvgIpc) is 2.64. The summed E-state index contributed by atoms with van der Waals surface area (Å²) in [6.45, 7) is 4.46. The molecule has 19 heavy (non-hydrogen) atoms. The number of nitrogens with two attached hydrogens (primary N) is 1. The van der Waals surface area contributed by atoms with Gasteiger partial charge >= 0.3 is 0 Å². The summed E-state index contributed by atoms with van der Waals surface area (Å²) in [5.41, 5.74) is 9.37. The van der Waals surface area contributed by atoms with Gasteiger partial charge in [-0.15, -0.1) is 0 Å². The van der Waals surface area contributed by atoms with Gasteiger partial charge in [0.15, 0.2) is 11.4 Å². The van der Waals surface area contributed by atoms with Gasteiger partial charge in [0.05, 0.1) is 6.54 Å². The molecule has 0 saturated heterocycles. The largest absolute Gasteiger partial charge is 0.369 e. The number of hydrogen-bond donors (Lipinski definition) is 1. The van der Waals surface area contributed by atoms with Gasteiger partial charge in [0.1, 0.15) is 12.1 Å². The van der Waals surface area contributed by atoms with Crippen molar-refractivity contribution in [2.24, 2.45) is 0 Å². The highest BCUT2D eigenvalue weighted by Gasteiger charge is 2.15. The van der Waals surface area contributed by atoms with Crippen molar-refractivity contribution in [2.75, 3.05) is 5.73 Å². The van der Waals surface area contributed by atoms with Gasteiger partial charge in [-0.2, -0.15) is 10.5 Å². The number of aromatic nitrogens is 2. The predicted molar refractivity (Wildman–Crippen MR) is 71.1 cm³/mol. The third-order valence-electron chi connectivity index (χ3n) is 2.83. The van der Waals surface area contributed by atoms with E-state index < -0.39 is 0 Å². The third kappa shape index (κ3) is 2.41. The van der Waals surface area contributed by atoms with E-state index in [4.69, 9.17) is 16.3 Å². The van der Waals surface area contributed by atoms with Gasteiger partial charge in [-0.25, -0.2) is 4.98 Å². The Bertz CT molecular complexity index is 692. The summed E-state index contributed by atoms with van der Waals surface area (Å²) >= 11 is 0. The van der Waals surface area contributed by atoms with Crippen molar-refractivity contribution in [3.63, 3.8) is 0 Å². The van der Waals surface area contributed by atoms with Gasteiger partial charge in [0.25, 0.3) is 0 Å². The van der Waals surface area contributed by atoms with Gasteiger partial charge in [-0.3, -0.25) is 4.57 Å². The second kappa shape index (κ2) is 4.83. The molecule has 1 aromatic heterocycles. The summed E-state index contributed by atoms with van der Waals surface area (Å²) in [4.78, 5) is 3.90. The Balaban J connectivity index is 2.47. The van der Waals surface area contributed by atoms with Crippen LogP contribution in [0.4, 0.5) is 5.95 Å². The smallest absolute Gasteiger partial charge is 0.202 e. The van der Waals surface area contributed by atoms with Crippen molar-refractivity contribution in [3.05, 3.63) is 46.3 Å². The lowest BCUT2D eigenvalue weighted by atomic mass is 10.1. The summed E-state index contributed by atoms with van der Waals surface area (Å²) in [6, 6.07) is 10.00. The van der Waals surface area contributed by atoms with Crippen LogP contribution in [0, 0.1) is 36.5 Å². The number of nitrogens with zero attached hydrogens (tertiary/aromatic N) is 4. The molecule has 0 unspecified atom stereocenters. The first-order valence-electron chi connectivity index (χ1n) is 5.78. The minimum absolute atomic E-state index is 0.0735. The van der Waals surface area contributed by atoms with E-state index in [0.29, 0.717) is 6.54 Å². The number of nitrogen functional groups attached to an aromatic ring is 1. The lowest BCUT2D eigenvalue weighted by molar-refractivity contribution is 0.797. The van der Waals surface area contributed by atoms with Gasteiger partial charge in [-0.05, 0) is 19.4 Å². The Kier molecular flexibility index (Phi) is 3.22. The van der Waals surface area contributed by atoms with E-state index in [1.807, 2.05) is 38.1 Å². The molecule has 0 atom stereocenters. The van der Waals surface area contributed by atoms with Gasteiger partial charge in [0, 0.05) is 0 Å². The van der Waals surface area contributed by atoms with E-state index in [2.05, 4.69) is 11.1 Å². The second-order valence-electron chi connectivity index (χ2n) is 4.47. The molecular weight excluding hydrogens is 238 g/mol. The van der Waals surface area contributed by atoms with Crippen LogP contribution in [0.5, 0.6) is 0 Å². The van der Waals surface area contributed by atoms with Crippen LogP contribution >= 0.6 is 0 Å². The van der Waals surface area contributed by atoms with Crippen molar-refractivity contribution in [2.45, 2.75) is 20.4 Å². The zero-order valence-corrected chi connectivity index (χ0v) is 10.8. The van der Waals surface area contributed by atoms with Crippen LogP contribution in [0.3, 0.4) is 0 Å². The minimum atomic E-state index is 0.0735. The van der Waals surface area contributed by atoms with E-state index >= 15 is 0 Å². The maximum absolute atomic E-state index is 9.11. The molecule has 5 nitrogen and oxygen atoms in total. The Morgan fingerprint density at radius 3 is 2.32 bits per heavy atom. The highest BCUT2D eigenvalue weighted by Crippen LogP contribution is 2.17. The van der Waals surface area contributed by atoms with Crippen LogP contribution < -0.4 is 5.73 Å². The molecule has 0 amide bonds. The molecule has 0 bridgehead atoms. The number of benzene rings is 1. The summed E-state index contributed by atoms with van der Waals surface area (Å²) in [7, 11) is 0. The van der Waals surface area contributed by atoms with E-state index in [0.717, 1.165) is 16.7 Å². The second-order valence-corrected chi connectivity index (χ2v) is 4.47. The number of hydrogen-bond acceptors (Lipinski definition) is 4. The fourth-order valence-electron chi connectivity index (χ4n) is 2.16. The van der Waals surface area contributed by atoms with Gasteiger partial charge in [0.2, 0.25) is 5.95 Å². The molecule has 0 aliphatic carbocycles. The highest BCUT2D eigenvalue weighted by molar-refractivity contribution is 5.44. The van der Waals surface area contributed by atoms with Gasteiger partial charge < -0.3 is 5.73 Å². The Labute approximate surface area is 111 Å². The lowest BCUT2D eigenvalue weighted by Gasteiger charge is -2.08. The van der Waals surface area contributed by atoms with Crippen LogP contribution in [0.15, 0.2) is 18.2 Å². The molecule has 0 aliphatic heterocycles. The number of rotatable bonds is 2. The minimum Gasteiger partial charge on any atom is -0.369 e. The SMILES string of the molecule is Cc1cc(C)cc(Cn2c(N)nc(C#N)c2C#N)c1. The number of nitriles is 2. The predicted octanol–water partition coefficient (Wildman–Crippen LogP) is 1.87. The molecule has 0 saturated carbocycles. The van der Waals surface area contributed by atoms with E-state index in [1.54, 1.807) is 4.57 Å². The number of anilines is 1. The third-order valence-corrected chi connectivity index (χ3v) is 2.83. The standard InChI is InChI=1S/C14H13N5/c1-9-3-10(2)5-11(4-9)8-19-13(7-16)12(6-15)18-14(19)17/h3-5H,8H2,1-2H3,(H2,17,18). The van der Waals surface area contributed by atoms with Crippen molar-refractivity contribution in [1.29, 1.82) is 10.5 Å². The topological polar surface area (TPSA) is 91.4 Å². The van der Waals surface area contributed by atoms with E-state index in [-0.39, 0.29) is 17.3 Å². The molecule has 2 rings (SSSR count). The molecule has 5 heteroatoms. The molecule has 2 aromatic rings. The van der Waals surface area contributed by atoms with E-state index in [1.165, 1.54) is 0 Å². The van der Waals surface area contributed by atoms with Gasteiger partial charge in [-0.1, -0.05) is 29.3 Å². The monoisotopic (exact) mass is 251 g/mol. The van der Waals surface area contributed by atoms with Crippen LogP contribution in [0.25, 0.3) is 0 Å². The molecule has 0 fully saturated rings. The first kappa shape index (κ1) is 12.7. The fraction of sp³-hybridized carbons (Fsp3) is 0.214. The lowest BCUT2D eigenvalue weighted by Crippen LogP contribution is -2.07. The first-order valence-corrected chi connectivity index (χ1v) is 5.78. The van der Waals surface area contributed by atoms with Crippen molar-refractivity contribution in [1.82, 2.24) is 9.55 Å².